The van der Waals surface area contributed by atoms with Gasteiger partial charge in [0, 0.05) is 19.3 Å². The molecule has 2 aromatic carbocycles. The van der Waals surface area contributed by atoms with Crippen molar-refractivity contribution in [1.29, 1.82) is 0 Å². The van der Waals surface area contributed by atoms with Crippen molar-refractivity contribution in [1.82, 2.24) is 14.7 Å². The molecule has 1 aliphatic heterocycles. The van der Waals surface area contributed by atoms with Gasteiger partial charge in [-0.3, -0.25) is 9.48 Å². The van der Waals surface area contributed by atoms with Crippen LogP contribution in [-0.2, 0) is 19.8 Å². The SMILES string of the molecule is Cn1nc(C(F)(F)F)cc1C1Nc2ccccc2C(=O)N1Cc1ccccc1. The Bertz CT molecular complexity index is 1010. The average Bonchev–Trinajstić information content (AvgIpc) is 3.07. The zero-order valence-electron chi connectivity index (χ0n) is 14.9. The molecule has 1 aromatic heterocycles. The van der Waals surface area contributed by atoms with Crippen LogP contribution in [0.4, 0.5) is 18.9 Å². The van der Waals surface area contributed by atoms with Crippen molar-refractivity contribution in [2.45, 2.75) is 18.9 Å². The number of hydrogen-bond acceptors (Lipinski definition) is 3. The van der Waals surface area contributed by atoms with E-state index in [2.05, 4.69) is 10.4 Å². The predicted molar refractivity (Wildman–Crippen MR) is 97.3 cm³/mol. The van der Waals surface area contributed by atoms with Gasteiger partial charge in [0.2, 0.25) is 0 Å². The van der Waals surface area contributed by atoms with Gasteiger partial charge in [0.1, 0.15) is 6.17 Å². The van der Waals surface area contributed by atoms with Gasteiger partial charge in [-0.2, -0.15) is 18.3 Å². The molecule has 1 unspecified atom stereocenters. The van der Waals surface area contributed by atoms with E-state index in [9.17, 15) is 18.0 Å². The molecule has 0 saturated heterocycles. The number of carbonyl (C=O) groups excluding carboxylic acids is 1. The number of carbonyl (C=O) groups is 1. The van der Waals surface area contributed by atoms with Crippen molar-refractivity contribution in [3.8, 4) is 0 Å². The van der Waals surface area contributed by atoms with E-state index in [1.54, 1.807) is 24.3 Å². The number of nitrogens with zero attached hydrogens (tertiary/aromatic N) is 3. The number of amides is 1. The largest absolute Gasteiger partial charge is 0.435 e. The lowest BCUT2D eigenvalue weighted by molar-refractivity contribution is -0.141. The number of rotatable bonds is 3. The summed E-state index contributed by atoms with van der Waals surface area (Å²) in [7, 11) is 1.44. The summed E-state index contributed by atoms with van der Waals surface area (Å²) in [5.41, 5.74) is 1.20. The lowest BCUT2D eigenvalue weighted by Crippen LogP contribution is -2.43. The molecule has 2 heterocycles. The van der Waals surface area contributed by atoms with Gasteiger partial charge in [0.05, 0.1) is 11.3 Å². The van der Waals surface area contributed by atoms with Crippen LogP contribution in [0.1, 0.15) is 33.5 Å². The second-order valence-corrected chi connectivity index (χ2v) is 6.59. The minimum absolute atomic E-state index is 0.248. The van der Waals surface area contributed by atoms with Gasteiger partial charge in [-0.15, -0.1) is 0 Å². The Morgan fingerprint density at radius 1 is 1.07 bits per heavy atom. The zero-order valence-corrected chi connectivity index (χ0v) is 14.9. The van der Waals surface area contributed by atoms with Crippen LogP contribution in [0.5, 0.6) is 0 Å². The Hall–Kier alpha value is -3.29. The molecule has 28 heavy (non-hydrogen) atoms. The molecule has 8 heteroatoms. The summed E-state index contributed by atoms with van der Waals surface area (Å²) in [5, 5.41) is 6.79. The first kappa shape index (κ1) is 18.1. The molecule has 1 N–H and O–H groups in total. The Balaban J connectivity index is 1.79. The smallest absolute Gasteiger partial charge is 0.359 e. The molecule has 1 aliphatic rings. The molecule has 0 aliphatic carbocycles. The minimum Gasteiger partial charge on any atom is -0.359 e. The molecular weight excluding hydrogens is 369 g/mol. The second kappa shape index (κ2) is 6.70. The summed E-state index contributed by atoms with van der Waals surface area (Å²) in [4.78, 5) is 14.7. The fraction of sp³-hybridized carbons (Fsp3) is 0.200. The quantitative estimate of drug-likeness (QED) is 0.734. The topological polar surface area (TPSA) is 50.2 Å². The second-order valence-electron chi connectivity index (χ2n) is 6.59. The van der Waals surface area contributed by atoms with Gasteiger partial charge in [-0.05, 0) is 23.8 Å². The van der Waals surface area contributed by atoms with Crippen LogP contribution in [0.25, 0.3) is 0 Å². The number of hydrogen-bond donors (Lipinski definition) is 1. The Morgan fingerprint density at radius 3 is 2.43 bits per heavy atom. The number of alkyl halides is 3. The number of para-hydroxylation sites is 1. The highest BCUT2D eigenvalue weighted by Crippen LogP contribution is 2.36. The van der Waals surface area contributed by atoms with Crippen LogP contribution in [0.15, 0.2) is 60.7 Å². The van der Waals surface area contributed by atoms with E-state index in [0.717, 1.165) is 11.6 Å². The van der Waals surface area contributed by atoms with Gasteiger partial charge in [0.25, 0.3) is 5.91 Å². The number of benzene rings is 2. The third-order valence-corrected chi connectivity index (χ3v) is 4.70. The van der Waals surface area contributed by atoms with Crippen LogP contribution < -0.4 is 5.32 Å². The summed E-state index contributed by atoms with van der Waals surface area (Å²) in [5.74, 6) is -0.252. The molecule has 1 atom stereocenters. The summed E-state index contributed by atoms with van der Waals surface area (Å²) >= 11 is 0. The van der Waals surface area contributed by atoms with Crippen molar-refractivity contribution < 1.29 is 18.0 Å². The normalized spacial score (nSPS) is 16.6. The first-order valence-corrected chi connectivity index (χ1v) is 8.66. The molecule has 0 radical (unpaired) electrons. The molecular formula is C20H17F3N4O. The highest BCUT2D eigenvalue weighted by atomic mass is 19.4. The predicted octanol–water partition coefficient (Wildman–Crippen LogP) is 4.21. The summed E-state index contributed by atoms with van der Waals surface area (Å²) < 4.78 is 40.6. The molecule has 144 valence electrons. The summed E-state index contributed by atoms with van der Waals surface area (Å²) in [6, 6.07) is 17.3. The number of nitrogens with one attached hydrogen (secondary N) is 1. The van der Waals surface area contributed by atoms with Crippen molar-refractivity contribution >= 4 is 11.6 Å². The number of anilines is 1. The van der Waals surface area contributed by atoms with E-state index in [-0.39, 0.29) is 18.1 Å². The van der Waals surface area contributed by atoms with E-state index < -0.39 is 18.0 Å². The van der Waals surface area contributed by atoms with Gasteiger partial charge >= 0.3 is 6.18 Å². The van der Waals surface area contributed by atoms with E-state index in [4.69, 9.17) is 0 Å². The molecule has 5 nitrogen and oxygen atoms in total. The van der Waals surface area contributed by atoms with Crippen molar-refractivity contribution in [2.24, 2.45) is 7.05 Å². The van der Waals surface area contributed by atoms with Crippen LogP contribution >= 0.6 is 0 Å². The Morgan fingerprint density at radius 2 is 1.75 bits per heavy atom. The van der Waals surface area contributed by atoms with Crippen LogP contribution in [0.3, 0.4) is 0 Å². The summed E-state index contributed by atoms with van der Waals surface area (Å²) in [6.45, 7) is 0.248. The number of halogens is 3. The third-order valence-electron chi connectivity index (χ3n) is 4.70. The molecule has 0 spiro atoms. The lowest BCUT2D eigenvalue weighted by atomic mass is 10.0. The van der Waals surface area contributed by atoms with Gasteiger partial charge in [0.15, 0.2) is 5.69 Å². The number of fused-ring (bicyclic) bond motifs is 1. The van der Waals surface area contributed by atoms with Gasteiger partial charge in [-0.1, -0.05) is 42.5 Å². The first-order valence-electron chi connectivity index (χ1n) is 8.66. The molecule has 4 rings (SSSR count). The lowest BCUT2D eigenvalue weighted by Gasteiger charge is -2.38. The highest BCUT2D eigenvalue weighted by Gasteiger charge is 2.39. The number of aryl methyl sites for hydroxylation is 1. The Kier molecular flexibility index (Phi) is 4.33. The standard InChI is InChI=1S/C20H17F3N4O/c1-26-16(11-17(25-26)20(21,22)23)18-24-15-10-6-5-9-14(15)19(28)27(18)12-13-7-3-2-4-8-13/h2-11,18,24H,12H2,1H3. The maximum absolute atomic E-state index is 13.2. The highest BCUT2D eigenvalue weighted by molar-refractivity contribution is 6.01. The monoisotopic (exact) mass is 386 g/mol. The first-order chi connectivity index (χ1) is 13.3. The zero-order chi connectivity index (χ0) is 19.9. The third kappa shape index (κ3) is 3.21. The van der Waals surface area contributed by atoms with Crippen LogP contribution in [0.2, 0.25) is 0 Å². The van der Waals surface area contributed by atoms with Gasteiger partial charge < -0.3 is 10.2 Å². The molecule has 1 amide bonds. The Labute approximate surface area is 159 Å². The van der Waals surface area contributed by atoms with E-state index in [1.807, 2.05) is 30.3 Å². The number of aromatic nitrogens is 2. The van der Waals surface area contributed by atoms with Crippen LogP contribution in [0, 0.1) is 0 Å². The fourth-order valence-corrected chi connectivity index (χ4v) is 3.35. The van der Waals surface area contributed by atoms with Crippen molar-refractivity contribution in [2.75, 3.05) is 5.32 Å². The van der Waals surface area contributed by atoms with Crippen molar-refractivity contribution in [3.63, 3.8) is 0 Å². The molecule has 0 fully saturated rings. The summed E-state index contributed by atoms with van der Waals surface area (Å²) in [6.07, 6.45) is -5.34. The van der Waals surface area contributed by atoms with Crippen molar-refractivity contribution in [3.05, 3.63) is 83.2 Å². The molecule has 0 saturated carbocycles. The van der Waals surface area contributed by atoms with E-state index in [0.29, 0.717) is 11.3 Å². The van der Waals surface area contributed by atoms with E-state index in [1.165, 1.54) is 16.6 Å². The van der Waals surface area contributed by atoms with Gasteiger partial charge in [-0.25, -0.2) is 0 Å². The van der Waals surface area contributed by atoms with Crippen LogP contribution in [-0.4, -0.2) is 20.6 Å². The average molecular weight is 386 g/mol. The molecule has 3 aromatic rings. The maximum atomic E-state index is 13.2. The minimum atomic E-state index is -4.56. The molecule has 0 bridgehead atoms. The maximum Gasteiger partial charge on any atom is 0.435 e. The van der Waals surface area contributed by atoms with E-state index >= 15 is 0 Å². The fourth-order valence-electron chi connectivity index (χ4n) is 3.35.